The van der Waals surface area contributed by atoms with Gasteiger partial charge in [0.1, 0.15) is 17.2 Å². The Hall–Kier alpha value is -2.94. The average molecular weight is 417 g/mol. The third kappa shape index (κ3) is 4.87. The number of hydrogen-bond acceptors (Lipinski definition) is 3. The molecule has 0 radical (unpaired) electrons. The van der Waals surface area contributed by atoms with Gasteiger partial charge in [-0.3, -0.25) is 0 Å². The molecular formula is C28H32O3. The van der Waals surface area contributed by atoms with Crippen LogP contribution in [0.5, 0.6) is 17.2 Å². The molecule has 3 aromatic rings. The van der Waals surface area contributed by atoms with Crippen LogP contribution in [0.2, 0.25) is 0 Å². The molecule has 4 rings (SSSR count). The molecule has 162 valence electrons. The second kappa shape index (κ2) is 9.05. The third-order valence-electron chi connectivity index (χ3n) is 6.65. The van der Waals surface area contributed by atoms with Gasteiger partial charge in [0, 0.05) is 6.42 Å². The van der Waals surface area contributed by atoms with Crippen LogP contribution >= 0.6 is 0 Å². The largest absolute Gasteiger partial charge is 0.508 e. The predicted octanol–water partition coefficient (Wildman–Crippen LogP) is 6.65. The summed E-state index contributed by atoms with van der Waals surface area (Å²) in [5, 5.41) is 30.9. The van der Waals surface area contributed by atoms with Gasteiger partial charge < -0.3 is 15.3 Å². The highest BCUT2D eigenvalue weighted by Gasteiger charge is 2.21. The number of aromatic hydroxyl groups is 3. The molecule has 0 aromatic heterocycles. The molecule has 1 fully saturated rings. The van der Waals surface area contributed by atoms with Crippen molar-refractivity contribution >= 4 is 0 Å². The lowest BCUT2D eigenvalue weighted by Gasteiger charge is -2.25. The van der Waals surface area contributed by atoms with Crippen LogP contribution in [0.4, 0.5) is 0 Å². The first kappa shape index (κ1) is 21.3. The lowest BCUT2D eigenvalue weighted by Crippen LogP contribution is -2.07. The molecular weight excluding hydrogens is 384 g/mol. The third-order valence-corrected chi connectivity index (χ3v) is 6.65. The molecule has 0 aliphatic heterocycles. The Balaban J connectivity index is 1.71. The van der Waals surface area contributed by atoms with Gasteiger partial charge in [0.2, 0.25) is 0 Å². The first-order valence-corrected chi connectivity index (χ1v) is 11.3. The summed E-state index contributed by atoms with van der Waals surface area (Å²) in [5.41, 5.74) is 7.18. The fraction of sp³-hybridized carbons (Fsp3) is 0.357. The van der Waals surface area contributed by atoms with Gasteiger partial charge in [-0.1, -0.05) is 55.7 Å². The number of hydrogen-bond donors (Lipinski definition) is 3. The Bertz CT molecular complexity index is 1080. The van der Waals surface area contributed by atoms with Crippen molar-refractivity contribution in [3.63, 3.8) is 0 Å². The van der Waals surface area contributed by atoms with Gasteiger partial charge in [-0.05, 0) is 90.1 Å². The number of rotatable bonds is 5. The molecule has 3 N–H and O–H groups in total. The zero-order valence-corrected chi connectivity index (χ0v) is 18.5. The molecule has 1 saturated carbocycles. The van der Waals surface area contributed by atoms with Gasteiger partial charge in [-0.15, -0.1) is 0 Å². The zero-order chi connectivity index (χ0) is 22.0. The van der Waals surface area contributed by atoms with E-state index in [0.717, 1.165) is 52.6 Å². The van der Waals surface area contributed by atoms with Crippen molar-refractivity contribution in [2.24, 2.45) is 0 Å². The fourth-order valence-electron chi connectivity index (χ4n) is 4.86. The first-order chi connectivity index (χ1) is 14.9. The number of aryl methyl sites for hydroxylation is 2. The molecule has 0 atom stereocenters. The average Bonchev–Trinajstić information content (AvgIpc) is 2.76. The van der Waals surface area contributed by atoms with E-state index in [2.05, 4.69) is 12.1 Å². The highest BCUT2D eigenvalue weighted by molar-refractivity contribution is 5.50. The predicted molar refractivity (Wildman–Crippen MR) is 125 cm³/mol. The number of phenolic OH excluding ortho intramolecular Hbond substituents is 3. The van der Waals surface area contributed by atoms with E-state index in [0.29, 0.717) is 29.6 Å². The maximum absolute atomic E-state index is 11.2. The van der Waals surface area contributed by atoms with Crippen LogP contribution in [-0.2, 0) is 12.8 Å². The first-order valence-electron chi connectivity index (χ1n) is 11.3. The molecule has 1 aliphatic carbocycles. The maximum Gasteiger partial charge on any atom is 0.122 e. The summed E-state index contributed by atoms with van der Waals surface area (Å²) < 4.78 is 0. The van der Waals surface area contributed by atoms with Gasteiger partial charge in [-0.25, -0.2) is 0 Å². The lowest BCUT2D eigenvalue weighted by molar-refractivity contribution is 0.411. The number of benzene rings is 3. The SMILES string of the molecule is Cc1cc(Cc2cc(Cc3ccc(O)c(C)c3)c(O)c(C3CCCCC3)c2)ccc1O. The summed E-state index contributed by atoms with van der Waals surface area (Å²) in [4.78, 5) is 0. The molecule has 0 saturated heterocycles. The summed E-state index contributed by atoms with van der Waals surface area (Å²) in [7, 11) is 0. The molecule has 31 heavy (non-hydrogen) atoms. The Morgan fingerprint density at radius 3 is 1.84 bits per heavy atom. The molecule has 3 heteroatoms. The van der Waals surface area contributed by atoms with E-state index in [4.69, 9.17) is 0 Å². The molecule has 0 spiro atoms. The Labute approximate surface area is 185 Å². The highest BCUT2D eigenvalue weighted by Crippen LogP contribution is 2.40. The normalized spacial score (nSPS) is 14.6. The van der Waals surface area contributed by atoms with Crippen LogP contribution in [-0.4, -0.2) is 15.3 Å². The van der Waals surface area contributed by atoms with Crippen LogP contribution in [0.15, 0.2) is 48.5 Å². The van der Waals surface area contributed by atoms with E-state index >= 15 is 0 Å². The fourth-order valence-corrected chi connectivity index (χ4v) is 4.86. The molecule has 1 aliphatic rings. The molecule has 3 nitrogen and oxygen atoms in total. The minimum absolute atomic E-state index is 0.298. The summed E-state index contributed by atoms with van der Waals surface area (Å²) in [6.45, 7) is 3.82. The zero-order valence-electron chi connectivity index (χ0n) is 18.5. The van der Waals surface area contributed by atoms with Crippen LogP contribution in [0.1, 0.15) is 77.0 Å². The molecule has 0 amide bonds. The Kier molecular flexibility index (Phi) is 6.22. The molecule has 0 bridgehead atoms. The van der Waals surface area contributed by atoms with Gasteiger partial charge in [-0.2, -0.15) is 0 Å². The van der Waals surface area contributed by atoms with Crippen molar-refractivity contribution in [1.29, 1.82) is 0 Å². The van der Waals surface area contributed by atoms with Gasteiger partial charge in [0.05, 0.1) is 0 Å². The van der Waals surface area contributed by atoms with E-state index in [1.54, 1.807) is 12.1 Å². The van der Waals surface area contributed by atoms with Crippen molar-refractivity contribution in [1.82, 2.24) is 0 Å². The lowest BCUT2D eigenvalue weighted by atomic mass is 9.81. The Morgan fingerprint density at radius 1 is 0.677 bits per heavy atom. The van der Waals surface area contributed by atoms with Gasteiger partial charge >= 0.3 is 0 Å². The summed E-state index contributed by atoms with van der Waals surface area (Å²) in [6.07, 6.45) is 7.39. The van der Waals surface area contributed by atoms with Crippen LogP contribution in [0.3, 0.4) is 0 Å². The second-order valence-corrected chi connectivity index (χ2v) is 9.12. The van der Waals surface area contributed by atoms with E-state index in [1.807, 2.05) is 38.1 Å². The highest BCUT2D eigenvalue weighted by atomic mass is 16.3. The van der Waals surface area contributed by atoms with E-state index < -0.39 is 0 Å². The second-order valence-electron chi connectivity index (χ2n) is 9.12. The van der Waals surface area contributed by atoms with Crippen molar-refractivity contribution in [3.8, 4) is 17.2 Å². The maximum atomic E-state index is 11.2. The Morgan fingerprint density at radius 2 is 1.26 bits per heavy atom. The van der Waals surface area contributed by atoms with Crippen LogP contribution in [0, 0.1) is 13.8 Å². The van der Waals surface area contributed by atoms with Crippen molar-refractivity contribution < 1.29 is 15.3 Å². The van der Waals surface area contributed by atoms with E-state index in [1.165, 1.54) is 24.8 Å². The summed E-state index contributed by atoms with van der Waals surface area (Å²) >= 11 is 0. The van der Waals surface area contributed by atoms with Crippen LogP contribution < -0.4 is 0 Å². The van der Waals surface area contributed by atoms with Gasteiger partial charge in [0.15, 0.2) is 0 Å². The summed E-state index contributed by atoms with van der Waals surface area (Å²) in [6, 6.07) is 15.7. The molecule has 3 aromatic carbocycles. The number of phenols is 3. The van der Waals surface area contributed by atoms with Crippen molar-refractivity contribution in [3.05, 3.63) is 87.5 Å². The van der Waals surface area contributed by atoms with Crippen LogP contribution in [0.25, 0.3) is 0 Å². The van der Waals surface area contributed by atoms with Gasteiger partial charge in [0.25, 0.3) is 0 Å². The van der Waals surface area contributed by atoms with E-state index in [9.17, 15) is 15.3 Å². The summed E-state index contributed by atoms with van der Waals surface area (Å²) in [5.74, 6) is 1.46. The molecule has 0 unspecified atom stereocenters. The van der Waals surface area contributed by atoms with Crippen molar-refractivity contribution in [2.45, 2.75) is 64.7 Å². The minimum atomic E-state index is 0.298. The topological polar surface area (TPSA) is 60.7 Å². The smallest absolute Gasteiger partial charge is 0.122 e. The monoisotopic (exact) mass is 416 g/mol. The minimum Gasteiger partial charge on any atom is -0.508 e. The van der Waals surface area contributed by atoms with E-state index in [-0.39, 0.29) is 0 Å². The standard InChI is InChI=1S/C28H32O3/c1-18-12-20(8-10-26(18)29)14-22-16-24(15-21-9-11-27(30)19(2)13-21)28(31)25(17-22)23-6-4-3-5-7-23/h8-13,16-17,23,29-31H,3-7,14-15H2,1-2H3. The molecule has 0 heterocycles. The quantitative estimate of drug-likeness (QED) is 0.436. The van der Waals surface area contributed by atoms with Crippen molar-refractivity contribution in [2.75, 3.05) is 0 Å².